The number of primary amides is 1. The van der Waals surface area contributed by atoms with Crippen molar-refractivity contribution in [1.82, 2.24) is 10.2 Å². The van der Waals surface area contributed by atoms with E-state index in [2.05, 4.69) is 5.32 Å². The van der Waals surface area contributed by atoms with Gasteiger partial charge in [-0.25, -0.2) is 4.79 Å². The van der Waals surface area contributed by atoms with Gasteiger partial charge < -0.3 is 31.5 Å². The highest BCUT2D eigenvalue weighted by Gasteiger charge is 2.71. The van der Waals surface area contributed by atoms with E-state index in [4.69, 9.17) is 16.2 Å². The Morgan fingerprint density at radius 3 is 2.83 bits per heavy atom. The number of rotatable bonds is 2. The van der Waals surface area contributed by atoms with E-state index < -0.39 is 23.5 Å². The van der Waals surface area contributed by atoms with Crippen molar-refractivity contribution in [3.05, 3.63) is 22.5 Å². The van der Waals surface area contributed by atoms with Crippen LogP contribution in [0.3, 0.4) is 0 Å². The molecule has 3 aliphatic heterocycles. The van der Waals surface area contributed by atoms with Crippen LogP contribution in [0.5, 0.6) is 0 Å². The van der Waals surface area contributed by atoms with Crippen molar-refractivity contribution in [1.29, 1.82) is 0 Å². The summed E-state index contributed by atoms with van der Waals surface area (Å²) in [5.41, 5.74) is 9.55. The lowest BCUT2D eigenvalue weighted by Gasteiger charge is -2.36. The SMILES string of the molecule is CC1=C(N)C(=O)C2=C(C1=O)N1C[C@@H]3N[C@@H]3[C@]1(O)[C@@H]2COC(N)=O. The number of hydrogen-bond acceptors (Lipinski definition) is 8. The lowest BCUT2D eigenvalue weighted by atomic mass is 9.83. The van der Waals surface area contributed by atoms with Crippen LogP contribution in [-0.2, 0) is 14.3 Å². The fraction of sp³-hybridized carbons (Fsp3) is 0.500. The molecule has 1 amide bonds. The maximum atomic E-state index is 12.6. The molecule has 0 aromatic heterocycles. The number of carbonyl (C=O) groups excluding carboxylic acids is 3. The summed E-state index contributed by atoms with van der Waals surface area (Å²) in [6.45, 7) is 1.59. The molecule has 0 aromatic rings. The predicted molar refractivity (Wildman–Crippen MR) is 75.3 cm³/mol. The maximum absolute atomic E-state index is 12.6. The van der Waals surface area contributed by atoms with Crippen molar-refractivity contribution in [3.63, 3.8) is 0 Å². The Hall–Kier alpha value is -2.39. The molecule has 9 nitrogen and oxygen atoms in total. The Balaban J connectivity index is 1.82. The molecule has 4 rings (SSSR count). The number of carbonyl (C=O) groups is 3. The second-order valence-corrected chi connectivity index (χ2v) is 6.29. The number of amides is 1. The summed E-state index contributed by atoms with van der Waals surface area (Å²) in [4.78, 5) is 37.7. The zero-order valence-electron chi connectivity index (χ0n) is 12.3. The third-order valence-corrected chi connectivity index (χ3v) is 5.18. The minimum atomic E-state index is -1.50. The van der Waals surface area contributed by atoms with Gasteiger partial charge in [0.2, 0.25) is 11.6 Å². The van der Waals surface area contributed by atoms with Crippen LogP contribution in [0.1, 0.15) is 6.92 Å². The monoisotopic (exact) mass is 320 g/mol. The van der Waals surface area contributed by atoms with Crippen LogP contribution < -0.4 is 16.8 Å². The Morgan fingerprint density at radius 1 is 1.48 bits per heavy atom. The molecule has 0 radical (unpaired) electrons. The van der Waals surface area contributed by atoms with Crippen molar-refractivity contribution in [2.24, 2.45) is 17.4 Å². The zero-order chi connectivity index (χ0) is 16.7. The highest BCUT2D eigenvalue weighted by molar-refractivity contribution is 6.25. The molecule has 122 valence electrons. The molecular formula is C14H16N4O5. The summed E-state index contributed by atoms with van der Waals surface area (Å²) in [5.74, 6) is -1.76. The number of fused-ring (bicyclic) bond motifs is 4. The number of ether oxygens (including phenoxy) is 1. The van der Waals surface area contributed by atoms with Gasteiger partial charge in [0.25, 0.3) is 0 Å². The van der Waals surface area contributed by atoms with Gasteiger partial charge in [-0.15, -0.1) is 0 Å². The molecule has 23 heavy (non-hydrogen) atoms. The molecule has 4 aliphatic rings. The molecule has 2 fully saturated rings. The fourth-order valence-corrected chi connectivity index (χ4v) is 3.96. The van der Waals surface area contributed by atoms with Gasteiger partial charge in [-0.05, 0) is 6.92 Å². The first kappa shape index (κ1) is 14.2. The van der Waals surface area contributed by atoms with Crippen LogP contribution >= 0.6 is 0 Å². The average Bonchev–Trinajstić information content (AvgIpc) is 3.15. The van der Waals surface area contributed by atoms with Crippen molar-refractivity contribution < 1.29 is 24.2 Å². The maximum Gasteiger partial charge on any atom is 0.404 e. The predicted octanol–water partition coefficient (Wildman–Crippen LogP) is -2.31. The Morgan fingerprint density at radius 2 is 2.17 bits per heavy atom. The molecule has 0 aromatic carbocycles. The Labute approximate surface area is 130 Å². The molecule has 0 saturated carbocycles. The van der Waals surface area contributed by atoms with E-state index in [0.717, 1.165) is 0 Å². The van der Waals surface area contributed by atoms with Crippen LogP contribution in [0.15, 0.2) is 22.5 Å². The van der Waals surface area contributed by atoms with E-state index in [-0.39, 0.29) is 47.0 Å². The molecule has 2 saturated heterocycles. The summed E-state index contributed by atoms with van der Waals surface area (Å²) in [5, 5.41) is 14.3. The second kappa shape index (κ2) is 4.12. The van der Waals surface area contributed by atoms with Crippen molar-refractivity contribution in [2.45, 2.75) is 24.7 Å². The van der Waals surface area contributed by atoms with Crippen LogP contribution in [0.2, 0.25) is 0 Å². The van der Waals surface area contributed by atoms with Crippen molar-refractivity contribution >= 4 is 17.7 Å². The first-order valence-corrected chi connectivity index (χ1v) is 7.26. The first-order chi connectivity index (χ1) is 10.8. The summed E-state index contributed by atoms with van der Waals surface area (Å²) in [7, 11) is 0. The van der Waals surface area contributed by atoms with Gasteiger partial charge in [-0.3, -0.25) is 9.59 Å². The van der Waals surface area contributed by atoms with E-state index in [1.165, 1.54) is 6.92 Å². The molecule has 0 bridgehead atoms. The Bertz CT molecular complexity index is 741. The molecular weight excluding hydrogens is 304 g/mol. The van der Waals surface area contributed by atoms with Crippen LogP contribution in [-0.4, -0.2) is 58.6 Å². The second-order valence-electron chi connectivity index (χ2n) is 6.29. The molecule has 6 N–H and O–H groups in total. The normalized spacial score (nSPS) is 37.8. The number of ketones is 2. The third-order valence-electron chi connectivity index (χ3n) is 5.18. The van der Waals surface area contributed by atoms with Gasteiger partial charge in [0.05, 0.1) is 23.4 Å². The minimum Gasteiger partial charge on any atom is -0.449 e. The quantitative estimate of drug-likeness (QED) is 0.326. The molecule has 0 unspecified atom stereocenters. The van der Waals surface area contributed by atoms with Gasteiger partial charge in [-0.1, -0.05) is 0 Å². The summed E-state index contributed by atoms with van der Waals surface area (Å²) in [6, 6.07) is -0.256. The minimum absolute atomic E-state index is 0.0385. The number of hydrogen-bond donors (Lipinski definition) is 4. The number of piperazine rings is 1. The highest BCUT2D eigenvalue weighted by atomic mass is 16.5. The van der Waals surface area contributed by atoms with Crippen molar-refractivity contribution in [3.8, 4) is 0 Å². The van der Waals surface area contributed by atoms with E-state index in [1.54, 1.807) is 4.90 Å². The molecule has 0 spiro atoms. The number of nitrogens with zero attached hydrogens (tertiary/aromatic N) is 1. The van der Waals surface area contributed by atoms with Gasteiger partial charge in [0.1, 0.15) is 6.61 Å². The van der Waals surface area contributed by atoms with Crippen LogP contribution in [0.25, 0.3) is 0 Å². The summed E-state index contributed by atoms with van der Waals surface area (Å²) in [6.07, 6.45) is -1.01. The standard InChI is InChI=1S/C14H16N4O5/c1-4-8(15)11(20)7-5(3-23-13(16)21)14(22)12-6(17-12)2-18(14)9(7)10(4)19/h5-6,12,17,22H,2-3,15H2,1H3,(H2,16,21)/t5-,6+,12+,14-/m1/s1. The molecule has 1 aliphatic carbocycles. The van der Waals surface area contributed by atoms with Crippen LogP contribution in [0.4, 0.5) is 4.79 Å². The average molecular weight is 320 g/mol. The van der Waals surface area contributed by atoms with Crippen LogP contribution in [0, 0.1) is 5.92 Å². The molecule has 4 atom stereocenters. The van der Waals surface area contributed by atoms with Crippen molar-refractivity contribution in [2.75, 3.05) is 13.2 Å². The third kappa shape index (κ3) is 1.55. The Kier molecular flexibility index (Phi) is 2.55. The summed E-state index contributed by atoms with van der Waals surface area (Å²) >= 11 is 0. The summed E-state index contributed by atoms with van der Waals surface area (Å²) < 4.78 is 4.83. The van der Waals surface area contributed by atoms with E-state index in [9.17, 15) is 19.5 Å². The number of nitrogens with two attached hydrogens (primary N) is 2. The largest absolute Gasteiger partial charge is 0.449 e. The van der Waals surface area contributed by atoms with Gasteiger partial charge in [0.15, 0.2) is 5.72 Å². The topological polar surface area (TPSA) is 158 Å². The number of aliphatic hydroxyl groups is 1. The first-order valence-electron chi connectivity index (χ1n) is 7.26. The van der Waals surface area contributed by atoms with E-state index in [0.29, 0.717) is 6.54 Å². The van der Waals surface area contributed by atoms with E-state index >= 15 is 0 Å². The highest BCUT2D eigenvalue weighted by Crippen LogP contribution is 2.53. The van der Waals surface area contributed by atoms with E-state index in [1.807, 2.05) is 0 Å². The molecule has 9 heteroatoms. The number of nitrogens with one attached hydrogen (secondary N) is 1. The molecule has 3 heterocycles. The number of Topliss-reactive ketones (excluding diaryl/α,β-unsaturated/α-hetero) is 2. The van der Waals surface area contributed by atoms with Gasteiger partial charge >= 0.3 is 6.09 Å². The smallest absolute Gasteiger partial charge is 0.404 e. The van der Waals surface area contributed by atoms with Gasteiger partial charge in [-0.2, -0.15) is 0 Å². The number of allylic oxidation sites excluding steroid dienone is 2. The zero-order valence-corrected chi connectivity index (χ0v) is 12.3. The fourth-order valence-electron chi connectivity index (χ4n) is 3.96. The lowest BCUT2D eigenvalue weighted by molar-refractivity contribution is -0.122. The lowest BCUT2D eigenvalue weighted by Crippen LogP contribution is -2.53. The van der Waals surface area contributed by atoms with Gasteiger partial charge in [0, 0.05) is 23.7 Å².